The van der Waals surface area contributed by atoms with Crippen LogP contribution in [0.1, 0.15) is 30.9 Å². The molecule has 0 spiro atoms. The van der Waals surface area contributed by atoms with Gasteiger partial charge >= 0.3 is 6.03 Å². The molecule has 0 radical (unpaired) electrons. The first kappa shape index (κ1) is 17.9. The van der Waals surface area contributed by atoms with E-state index in [2.05, 4.69) is 15.7 Å². The van der Waals surface area contributed by atoms with Gasteiger partial charge in [0, 0.05) is 31.1 Å². The molecule has 0 saturated carbocycles. The van der Waals surface area contributed by atoms with Crippen LogP contribution in [0.3, 0.4) is 0 Å². The van der Waals surface area contributed by atoms with Gasteiger partial charge in [0.25, 0.3) is 0 Å². The Hall–Kier alpha value is -2.41. The van der Waals surface area contributed by atoms with Gasteiger partial charge in [0.1, 0.15) is 5.82 Å². The quantitative estimate of drug-likeness (QED) is 0.817. The van der Waals surface area contributed by atoms with Crippen molar-refractivity contribution in [3.63, 3.8) is 0 Å². The maximum atomic E-state index is 13.9. The first-order chi connectivity index (χ1) is 11.5. The van der Waals surface area contributed by atoms with Crippen LogP contribution in [-0.2, 0) is 17.8 Å². The summed E-state index contributed by atoms with van der Waals surface area (Å²) in [4.78, 5) is 11.9. The largest absolute Gasteiger partial charge is 0.383 e. The van der Waals surface area contributed by atoms with E-state index in [9.17, 15) is 9.18 Å². The highest BCUT2D eigenvalue weighted by atomic mass is 19.1. The van der Waals surface area contributed by atoms with Crippen LogP contribution >= 0.6 is 0 Å². The minimum atomic E-state index is -0.392. The number of carbonyl (C=O) groups excluding carboxylic acids is 1. The molecule has 0 aliphatic rings. The molecule has 0 saturated heterocycles. The maximum absolute atomic E-state index is 13.9. The first-order valence-electron chi connectivity index (χ1n) is 7.84. The van der Waals surface area contributed by atoms with Crippen molar-refractivity contribution in [1.82, 2.24) is 15.1 Å². The Kier molecular flexibility index (Phi) is 6.31. The molecule has 0 atom stereocenters. The van der Waals surface area contributed by atoms with Crippen LogP contribution in [0.4, 0.5) is 14.9 Å². The van der Waals surface area contributed by atoms with Crippen LogP contribution in [-0.4, -0.2) is 29.5 Å². The maximum Gasteiger partial charge on any atom is 0.319 e. The summed E-state index contributed by atoms with van der Waals surface area (Å²) in [6.45, 7) is 5.42. The fourth-order valence-corrected chi connectivity index (χ4v) is 2.24. The Labute approximate surface area is 141 Å². The molecule has 2 N–H and O–H groups in total. The standard InChI is InChI=1S/C17H23FN4O2/c1-12(2)15-5-4-14(8-16(15)18)21-17(23)19-9-13-10-20-22(11-13)6-7-24-3/h4-5,8,10-12H,6-7,9H2,1-3H3,(H2,19,21,23). The van der Waals surface area contributed by atoms with Crippen molar-refractivity contribution < 1.29 is 13.9 Å². The van der Waals surface area contributed by atoms with Gasteiger partial charge in [-0.25, -0.2) is 9.18 Å². The summed E-state index contributed by atoms with van der Waals surface area (Å²) in [5.41, 5.74) is 1.93. The van der Waals surface area contributed by atoms with E-state index in [1.54, 1.807) is 30.1 Å². The van der Waals surface area contributed by atoms with Crippen LogP contribution < -0.4 is 10.6 Å². The lowest BCUT2D eigenvalue weighted by Crippen LogP contribution is -2.28. The summed E-state index contributed by atoms with van der Waals surface area (Å²) in [5.74, 6) is -0.218. The molecule has 1 aromatic heterocycles. The summed E-state index contributed by atoms with van der Waals surface area (Å²) in [6.07, 6.45) is 3.53. The second-order valence-electron chi connectivity index (χ2n) is 5.80. The second-order valence-corrected chi connectivity index (χ2v) is 5.80. The van der Waals surface area contributed by atoms with E-state index in [1.807, 2.05) is 20.0 Å². The molecule has 1 heterocycles. The molecular weight excluding hydrogens is 311 g/mol. The summed E-state index contributed by atoms with van der Waals surface area (Å²) in [7, 11) is 1.63. The van der Waals surface area contributed by atoms with Gasteiger partial charge in [-0.1, -0.05) is 19.9 Å². The van der Waals surface area contributed by atoms with Crippen molar-refractivity contribution in [1.29, 1.82) is 0 Å². The number of carbonyl (C=O) groups is 1. The summed E-state index contributed by atoms with van der Waals surface area (Å²) in [5, 5.41) is 9.51. The number of benzene rings is 1. The fourth-order valence-electron chi connectivity index (χ4n) is 2.24. The van der Waals surface area contributed by atoms with E-state index in [0.717, 1.165) is 5.56 Å². The number of methoxy groups -OCH3 is 1. The number of aromatic nitrogens is 2. The minimum Gasteiger partial charge on any atom is -0.383 e. The topological polar surface area (TPSA) is 68.2 Å². The predicted octanol–water partition coefficient (Wildman–Crippen LogP) is 3.11. The summed E-state index contributed by atoms with van der Waals surface area (Å²) < 4.78 is 20.6. The number of hydrogen-bond donors (Lipinski definition) is 2. The van der Waals surface area contributed by atoms with E-state index < -0.39 is 6.03 Å². The van der Waals surface area contributed by atoms with Crippen LogP contribution in [0.2, 0.25) is 0 Å². The van der Waals surface area contributed by atoms with Crippen molar-refractivity contribution in [2.45, 2.75) is 32.9 Å². The normalized spacial score (nSPS) is 10.9. The zero-order chi connectivity index (χ0) is 17.5. The number of rotatable bonds is 7. The second kappa shape index (κ2) is 8.44. The number of nitrogens with one attached hydrogen (secondary N) is 2. The molecule has 24 heavy (non-hydrogen) atoms. The Morgan fingerprint density at radius 2 is 2.21 bits per heavy atom. The number of halogens is 1. The molecule has 6 nitrogen and oxygen atoms in total. The van der Waals surface area contributed by atoms with E-state index in [4.69, 9.17) is 4.74 Å². The third-order valence-corrected chi connectivity index (χ3v) is 3.54. The molecule has 0 aliphatic carbocycles. The summed E-state index contributed by atoms with van der Waals surface area (Å²) in [6, 6.07) is 4.32. The fraction of sp³-hybridized carbons (Fsp3) is 0.412. The van der Waals surface area contributed by atoms with E-state index in [-0.39, 0.29) is 11.7 Å². The van der Waals surface area contributed by atoms with Gasteiger partial charge in [-0.05, 0) is 23.6 Å². The highest BCUT2D eigenvalue weighted by molar-refractivity contribution is 5.89. The zero-order valence-electron chi connectivity index (χ0n) is 14.2. The summed E-state index contributed by atoms with van der Waals surface area (Å²) >= 11 is 0. The Morgan fingerprint density at radius 3 is 2.88 bits per heavy atom. The molecule has 130 valence electrons. The zero-order valence-corrected chi connectivity index (χ0v) is 14.2. The lowest BCUT2D eigenvalue weighted by atomic mass is 10.0. The lowest BCUT2D eigenvalue weighted by molar-refractivity contribution is 0.183. The molecule has 1 aromatic carbocycles. The van der Waals surface area contributed by atoms with Gasteiger partial charge in [-0.2, -0.15) is 5.10 Å². The molecule has 2 aromatic rings. The third kappa shape index (κ3) is 5.06. The van der Waals surface area contributed by atoms with Crippen molar-refractivity contribution in [2.24, 2.45) is 0 Å². The number of hydrogen-bond acceptors (Lipinski definition) is 3. The monoisotopic (exact) mass is 334 g/mol. The minimum absolute atomic E-state index is 0.0996. The van der Waals surface area contributed by atoms with Crippen LogP contribution in [0, 0.1) is 5.82 Å². The molecular formula is C17H23FN4O2. The van der Waals surface area contributed by atoms with E-state index >= 15 is 0 Å². The molecule has 0 bridgehead atoms. The molecule has 0 aliphatic heterocycles. The average Bonchev–Trinajstić information content (AvgIpc) is 2.98. The Morgan fingerprint density at radius 1 is 1.42 bits per heavy atom. The molecule has 0 fully saturated rings. The van der Waals surface area contributed by atoms with Gasteiger partial charge in [0.2, 0.25) is 0 Å². The van der Waals surface area contributed by atoms with E-state index in [1.165, 1.54) is 6.07 Å². The highest BCUT2D eigenvalue weighted by Crippen LogP contribution is 2.21. The van der Waals surface area contributed by atoms with Crippen molar-refractivity contribution in [3.05, 3.63) is 47.5 Å². The van der Waals surface area contributed by atoms with Crippen LogP contribution in [0.15, 0.2) is 30.6 Å². The van der Waals surface area contributed by atoms with Crippen molar-refractivity contribution in [3.8, 4) is 0 Å². The predicted molar refractivity (Wildman–Crippen MR) is 90.5 cm³/mol. The van der Waals surface area contributed by atoms with Gasteiger partial charge < -0.3 is 15.4 Å². The van der Waals surface area contributed by atoms with Gasteiger partial charge in [0.05, 0.1) is 19.3 Å². The third-order valence-electron chi connectivity index (χ3n) is 3.54. The SMILES string of the molecule is COCCn1cc(CNC(=O)Nc2ccc(C(C)C)c(F)c2)cn1. The average molecular weight is 334 g/mol. The van der Waals surface area contributed by atoms with Crippen molar-refractivity contribution >= 4 is 11.7 Å². The molecule has 2 amide bonds. The lowest BCUT2D eigenvalue weighted by Gasteiger charge is -2.10. The van der Waals surface area contributed by atoms with Crippen LogP contribution in [0.25, 0.3) is 0 Å². The molecule has 0 unspecified atom stereocenters. The van der Waals surface area contributed by atoms with Crippen molar-refractivity contribution in [2.75, 3.05) is 19.0 Å². The Bertz CT molecular complexity index is 685. The highest BCUT2D eigenvalue weighted by Gasteiger charge is 2.09. The van der Waals surface area contributed by atoms with Crippen LogP contribution in [0.5, 0.6) is 0 Å². The molecule has 7 heteroatoms. The van der Waals surface area contributed by atoms with E-state index in [0.29, 0.717) is 30.9 Å². The number of ether oxygens (including phenoxy) is 1. The van der Waals surface area contributed by atoms with Gasteiger partial charge in [-0.3, -0.25) is 4.68 Å². The number of amides is 2. The Balaban J connectivity index is 1.85. The van der Waals surface area contributed by atoms with Gasteiger partial charge in [-0.15, -0.1) is 0 Å². The first-order valence-corrected chi connectivity index (χ1v) is 7.84. The van der Waals surface area contributed by atoms with Gasteiger partial charge in [0.15, 0.2) is 0 Å². The molecule has 2 rings (SSSR count). The smallest absolute Gasteiger partial charge is 0.319 e. The number of anilines is 1. The number of nitrogens with zero attached hydrogens (tertiary/aromatic N) is 2. The number of urea groups is 1.